The summed E-state index contributed by atoms with van der Waals surface area (Å²) in [4.78, 5) is 13.1. The highest BCUT2D eigenvalue weighted by atomic mass is 16.3. The molecular weight excluding hydrogens is 530 g/mol. The van der Waals surface area contributed by atoms with Crippen molar-refractivity contribution in [3.05, 3.63) is 131 Å². The smallest absolute Gasteiger partial charge is 0.251 e. The predicted octanol–water partition coefficient (Wildman–Crippen LogP) is 7.62. The highest BCUT2D eigenvalue weighted by Crippen LogP contribution is 2.30. The second-order valence-corrected chi connectivity index (χ2v) is 11.7. The second kappa shape index (κ2) is 15.5. The van der Waals surface area contributed by atoms with Crippen LogP contribution in [-0.4, -0.2) is 33.4 Å². The van der Waals surface area contributed by atoms with Crippen molar-refractivity contribution in [2.24, 2.45) is 5.92 Å². The number of amides is 1. The minimum Gasteiger partial charge on any atom is -0.388 e. The molecule has 0 saturated heterocycles. The Morgan fingerprint density at radius 1 is 0.953 bits per heavy atom. The van der Waals surface area contributed by atoms with Crippen LogP contribution in [0, 0.1) is 5.92 Å². The largest absolute Gasteiger partial charge is 0.388 e. The predicted molar refractivity (Wildman–Crippen MR) is 176 cm³/mol. The van der Waals surface area contributed by atoms with Gasteiger partial charge in [-0.25, -0.2) is 4.68 Å². The van der Waals surface area contributed by atoms with Crippen LogP contribution >= 0.6 is 0 Å². The molecule has 2 heterocycles. The second-order valence-electron chi connectivity index (χ2n) is 11.7. The van der Waals surface area contributed by atoms with E-state index in [4.69, 9.17) is 5.10 Å². The van der Waals surface area contributed by atoms with Gasteiger partial charge in [-0.2, -0.15) is 5.10 Å². The Morgan fingerprint density at radius 3 is 2.60 bits per heavy atom. The van der Waals surface area contributed by atoms with E-state index in [1.54, 1.807) is 0 Å². The number of carbonyl (C=O) groups is 1. The molecule has 224 valence electrons. The van der Waals surface area contributed by atoms with E-state index in [1.807, 2.05) is 60.7 Å². The molecule has 5 rings (SSSR count). The molecule has 0 spiro atoms. The van der Waals surface area contributed by atoms with E-state index in [1.165, 1.54) is 40.9 Å². The lowest BCUT2D eigenvalue weighted by atomic mass is 9.87. The number of hydrogen-bond acceptors (Lipinski definition) is 3. The number of nitrogens with one attached hydrogen (secondary N) is 1. The minimum absolute atomic E-state index is 0.00188. The molecule has 1 aliphatic carbocycles. The van der Waals surface area contributed by atoms with Crippen LogP contribution in [0.15, 0.2) is 103 Å². The summed E-state index contributed by atoms with van der Waals surface area (Å²) >= 11 is 0. The Hall–Kier alpha value is -3.96. The molecule has 0 saturated carbocycles. The van der Waals surface area contributed by atoms with Gasteiger partial charge < -0.3 is 10.4 Å². The third-order valence-electron chi connectivity index (χ3n) is 8.51. The average Bonchev–Trinajstić information content (AvgIpc) is 3.41. The van der Waals surface area contributed by atoms with E-state index >= 15 is 0 Å². The third-order valence-corrected chi connectivity index (χ3v) is 8.51. The van der Waals surface area contributed by atoms with Gasteiger partial charge >= 0.3 is 0 Å². The first-order valence-corrected chi connectivity index (χ1v) is 16.0. The van der Waals surface area contributed by atoms with Gasteiger partial charge in [0.05, 0.1) is 12.3 Å². The van der Waals surface area contributed by atoms with Crippen LogP contribution in [0.2, 0.25) is 0 Å². The standard InChI is InChI=1S/C38H45N3O2/c1-2-3-17-32-28-40-41-33(27-31(19-14-23-36(32)41)34-21-11-12-24-37(34)42)20-8-5-13-25-39-38(43)35-22-10-9-18-30(35)26-29-15-6-4-7-16-29/h4,6-7,9-12,15-16,18-19,21-22,24,27-28,34,37,42H,2-3,5,8,13-14,17,20,23,25-26H2,1H3,(H,39,43). The van der Waals surface area contributed by atoms with Crippen LogP contribution in [0.25, 0.3) is 5.70 Å². The number of aliphatic hydroxyl groups is 1. The van der Waals surface area contributed by atoms with Crippen molar-refractivity contribution >= 4 is 11.6 Å². The van der Waals surface area contributed by atoms with Crippen LogP contribution in [0.5, 0.6) is 0 Å². The molecule has 1 amide bonds. The van der Waals surface area contributed by atoms with Crippen molar-refractivity contribution < 1.29 is 9.90 Å². The fourth-order valence-electron chi connectivity index (χ4n) is 6.12. The van der Waals surface area contributed by atoms with Crippen LogP contribution < -0.4 is 5.32 Å². The molecule has 3 aromatic rings. The number of hydrogen-bond donors (Lipinski definition) is 2. The lowest BCUT2D eigenvalue weighted by Gasteiger charge is -2.24. The fourth-order valence-corrected chi connectivity index (χ4v) is 6.12. The summed E-state index contributed by atoms with van der Waals surface area (Å²) in [5, 5.41) is 18.7. The maximum Gasteiger partial charge on any atom is 0.251 e. The lowest BCUT2D eigenvalue weighted by molar-refractivity contribution is 0.0952. The van der Waals surface area contributed by atoms with Crippen molar-refractivity contribution in [1.29, 1.82) is 0 Å². The van der Waals surface area contributed by atoms with Crippen LogP contribution in [0.4, 0.5) is 0 Å². The van der Waals surface area contributed by atoms with Crippen molar-refractivity contribution in [3.8, 4) is 0 Å². The van der Waals surface area contributed by atoms with Gasteiger partial charge in [0.1, 0.15) is 0 Å². The number of aryl methyl sites for hydroxylation is 1. The first-order chi connectivity index (χ1) is 21.1. The van der Waals surface area contributed by atoms with Crippen molar-refractivity contribution in [1.82, 2.24) is 15.1 Å². The maximum absolute atomic E-state index is 13.1. The number of carbonyl (C=O) groups excluding carboxylic acids is 1. The monoisotopic (exact) mass is 575 g/mol. The Kier molecular flexibility index (Phi) is 11.0. The van der Waals surface area contributed by atoms with Crippen molar-refractivity contribution in [3.63, 3.8) is 0 Å². The van der Waals surface area contributed by atoms with Crippen LogP contribution in [-0.2, 0) is 19.3 Å². The van der Waals surface area contributed by atoms with E-state index in [2.05, 4.69) is 53.5 Å². The summed E-state index contributed by atoms with van der Waals surface area (Å²) in [6.07, 6.45) is 23.9. The highest BCUT2D eigenvalue weighted by Gasteiger charge is 2.22. The van der Waals surface area contributed by atoms with E-state index < -0.39 is 6.10 Å². The molecular formula is C38H45N3O2. The van der Waals surface area contributed by atoms with E-state index in [9.17, 15) is 9.90 Å². The quantitative estimate of drug-likeness (QED) is 0.206. The Bertz CT molecular complexity index is 1480. The number of fused-ring (bicyclic) bond motifs is 1. The summed E-state index contributed by atoms with van der Waals surface area (Å²) < 4.78 is 2.18. The van der Waals surface area contributed by atoms with Crippen molar-refractivity contribution in [2.75, 3.05) is 6.54 Å². The third kappa shape index (κ3) is 8.11. The Labute approximate surface area is 256 Å². The number of aliphatic hydroxyl groups excluding tert-OH is 1. The molecule has 2 unspecified atom stereocenters. The van der Waals surface area contributed by atoms with E-state index in [0.29, 0.717) is 6.54 Å². The average molecular weight is 576 g/mol. The van der Waals surface area contributed by atoms with Gasteiger partial charge in [-0.1, -0.05) is 98.7 Å². The lowest BCUT2D eigenvalue weighted by Crippen LogP contribution is -2.25. The zero-order valence-electron chi connectivity index (χ0n) is 25.4. The first-order valence-electron chi connectivity index (χ1n) is 16.0. The SMILES string of the molecule is CCCCc1cnn2c1CCC=C(C1C=CC=CC1O)C=C2CCCCCNC(=O)c1ccccc1Cc1ccccc1. The molecule has 2 N–H and O–H groups in total. The number of rotatable bonds is 13. The topological polar surface area (TPSA) is 67.2 Å². The summed E-state index contributed by atoms with van der Waals surface area (Å²) in [6.45, 7) is 2.89. The molecule has 2 aliphatic rings. The maximum atomic E-state index is 13.1. The summed E-state index contributed by atoms with van der Waals surface area (Å²) in [5.41, 5.74) is 8.06. The summed E-state index contributed by atoms with van der Waals surface area (Å²) in [6, 6.07) is 18.2. The van der Waals surface area contributed by atoms with Gasteiger partial charge in [0, 0.05) is 29.4 Å². The van der Waals surface area contributed by atoms with Crippen LogP contribution in [0.1, 0.15) is 84.6 Å². The van der Waals surface area contributed by atoms with Gasteiger partial charge in [0.15, 0.2) is 0 Å². The van der Waals surface area contributed by atoms with Gasteiger partial charge in [-0.05, 0) is 85.8 Å². The van der Waals surface area contributed by atoms with E-state index in [-0.39, 0.29) is 11.8 Å². The van der Waals surface area contributed by atoms with Gasteiger partial charge in [-0.3, -0.25) is 4.79 Å². The normalized spacial score (nSPS) is 17.9. The van der Waals surface area contributed by atoms with E-state index in [0.717, 1.165) is 62.5 Å². The Balaban J connectivity index is 1.19. The first kappa shape index (κ1) is 30.5. The molecule has 2 aromatic carbocycles. The number of aromatic nitrogens is 2. The Morgan fingerprint density at radius 2 is 1.77 bits per heavy atom. The number of nitrogens with zero attached hydrogens (tertiary/aromatic N) is 2. The molecule has 0 fully saturated rings. The zero-order valence-corrected chi connectivity index (χ0v) is 25.4. The molecule has 5 heteroatoms. The summed E-state index contributed by atoms with van der Waals surface area (Å²) in [5.74, 6) is -0.0328. The van der Waals surface area contributed by atoms with Gasteiger partial charge in [0.2, 0.25) is 0 Å². The minimum atomic E-state index is -0.508. The van der Waals surface area contributed by atoms with Crippen LogP contribution in [0.3, 0.4) is 0 Å². The molecule has 1 aliphatic heterocycles. The molecule has 5 nitrogen and oxygen atoms in total. The molecule has 0 radical (unpaired) electrons. The van der Waals surface area contributed by atoms with Crippen molar-refractivity contribution in [2.45, 2.75) is 77.2 Å². The molecule has 1 aromatic heterocycles. The highest BCUT2D eigenvalue weighted by molar-refractivity contribution is 5.95. The number of benzene rings is 2. The molecule has 0 bridgehead atoms. The number of unbranched alkanes of at least 4 members (excludes halogenated alkanes) is 3. The number of allylic oxidation sites excluding steroid dienone is 5. The molecule has 2 atom stereocenters. The fraction of sp³-hybridized carbons (Fsp3) is 0.368. The summed E-state index contributed by atoms with van der Waals surface area (Å²) in [7, 11) is 0. The van der Waals surface area contributed by atoms with Gasteiger partial charge in [-0.15, -0.1) is 0 Å². The van der Waals surface area contributed by atoms with Gasteiger partial charge in [0.25, 0.3) is 5.91 Å². The zero-order chi connectivity index (χ0) is 29.9. The molecule has 43 heavy (non-hydrogen) atoms.